The Kier molecular flexibility index (Phi) is 5.44. The van der Waals surface area contributed by atoms with Crippen LogP contribution >= 0.6 is 15.9 Å². The van der Waals surface area contributed by atoms with E-state index in [0.29, 0.717) is 17.9 Å². The summed E-state index contributed by atoms with van der Waals surface area (Å²) in [5.41, 5.74) is 0. The maximum atomic E-state index is 9.00. The van der Waals surface area contributed by atoms with E-state index in [2.05, 4.69) is 35.1 Å². The van der Waals surface area contributed by atoms with Crippen LogP contribution in [0.5, 0.6) is 0 Å². The highest BCUT2D eigenvalue weighted by Crippen LogP contribution is 1.88. The van der Waals surface area contributed by atoms with Gasteiger partial charge in [-0.25, -0.2) is 0 Å². The molecule has 0 saturated heterocycles. The molecule has 0 saturated carbocycles. The highest BCUT2D eigenvalue weighted by Gasteiger charge is 2.00. The molecule has 0 bridgehead atoms. The highest BCUT2D eigenvalue weighted by atomic mass is 79.9. The summed E-state index contributed by atoms with van der Waals surface area (Å²) in [5, 5.41) is 12.8. The minimum Gasteiger partial charge on any atom is -0.391 e. The van der Waals surface area contributed by atoms with E-state index in [1.165, 1.54) is 0 Å². The van der Waals surface area contributed by atoms with Gasteiger partial charge in [-0.05, 0) is 0 Å². The molecule has 0 aliphatic rings. The van der Waals surface area contributed by atoms with Gasteiger partial charge in [-0.2, -0.15) is 0 Å². The molecule has 2 nitrogen and oxygen atoms in total. The van der Waals surface area contributed by atoms with Gasteiger partial charge in [0.15, 0.2) is 0 Å². The van der Waals surface area contributed by atoms with Crippen LogP contribution in [0.1, 0.15) is 13.8 Å². The fraction of sp³-hybridized carbons (Fsp3) is 1.00. The number of hydrogen-bond acceptors (Lipinski definition) is 2. The monoisotopic (exact) mass is 195 g/mol. The molecule has 0 fully saturated rings. The Labute approximate surface area is 64.8 Å². The van der Waals surface area contributed by atoms with Gasteiger partial charge < -0.3 is 10.4 Å². The van der Waals surface area contributed by atoms with Crippen LogP contribution in [0.25, 0.3) is 0 Å². The summed E-state index contributed by atoms with van der Waals surface area (Å²) in [6.07, 6.45) is -0.257. The Morgan fingerprint density at radius 2 is 2.11 bits per heavy atom. The Morgan fingerprint density at radius 3 is 2.44 bits per heavy atom. The van der Waals surface area contributed by atoms with Crippen molar-refractivity contribution in [2.45, 2.75) is 26.0 Å². The smallest absolute Gasteiger partial charge is 0.0761 e. The summed E-state index contributed by atoms with van der Waals surface area (Å²) in [6.45, 7) is 4.78. The lowest BCUT2D eigenvalue weighted by Gasteiger charge is -2.10. The van der Waals surface area contributed by atoms with Gasteiger partial charge in [-0.15, -0.1) is 0 Å². The van der Waals surface area contributed by atoms with Gasteiger partial charge in [-0.3, -0.25) is 0 Å². The molecule has 0 unspecified atom stereocenters. The maximum absolute atomic E-state index is 9.00. The van der Waals surface area contributed by atoms with Gasteiger partial charge in [-0.1, -0.05) is 29.8 Å². The van der Waals surface area contributed by atoms with Crippen molar-refractivity contribution < 1.29 is 5.11 Å². The van der Waals surface area contributed by atoms with Gasteiger partial charge in [0.1, 0.15) is 0 Å². The number of aliphatic hydroxyl groups excluding tert-OH is 1. The van der Waals surface area contributed by atoms with Crippen LogP contribution in [0.3, 0.4) is 0 Å². The van der Waals surface area contributed by atoms with E-state index in [0.717, 1.165) is 0 Å². The van der Waals surface area contributed by atoms with Crippen molar-refractivity contribution in [1.29, 1.82) is 0 Å². The molecule has 0 aliphatic heterocycles. The average Bonchev–Trinajstić information content (AvgIpc) is 1.83. The number of alkyl halides is 1. The molecule has 0 aromatic carbocycles. The lowest BCUT2D eigenvalue weighted by atomic mass is 10.3. The summed E-state index contributed by atoms with van der Waals surface area (Å²) < 4.78 is 0. The number of hydrogen-bond donors (Lipinski definition) is 2. The molecule has 0 aromatic heterocycles. The van der Waals surface area contributed by atoms with Crippen LogP contribution in [0, 0.1) is 0 Å². The zero-order valence-corrected chi connectivity index (χ0v) is 7.48. The zero-order chi connectivity index (χ0) is 7.28. The number of rotatable bonds is 4. The second kappa shape index (κ2) is 5.21. The SMILES string of the molecule is CC(C)NC[C@@H](O)CBr. The van der Waals surface area contributed by atoms with E-state index < -0.39 is 0 Å². The molecular formula is C6H14BrNO. The van der Waals surface area contributed by atoms with Crippen molar-refractivity contribution in [2.75, 3.05) is 11.9 Å². The van der Waals surface area contributed by atoms with E-state index in [9.17, 15) is 0 Å². The first kappa shape index (κ1) is 9.40. The predicted octanol–water partition coefficient (Wildman–Crippen LogP) is 0.740. The highest BCUT2D eigenvalue weighted by molar-refractivity contribution is 9.09. The van der Waals surface area contributed by atoms with E-state index in [4.69, 9.17) is 5.11 Å². The van der Waals surface area contributed by atoms with Crippen LogP contribution in [0.4, 0.5) is 0 Å². The van der Waals surface area contributed by atoms with Crippen LogP contribution in [0.2, 0.25) is 0 Å². The van der Waals surface area contributed by atoms with Crippen molar-refractivity contribution in [3.8, 4) is 0 Å². The van der Waals surface area contributed by atoms with Gasteiger partial charge in [0.2, 0.25) is 0 Å². The summed E-state index contributed by atoms with van der Waals surface area (Å²) in [4.78, 5) is 0. The van der Waals surface area contributed by atoms with Gasteiger partial charge in [0.25, 0.3) is 0 Å². The molecule has 3 heteroatoms. The molecule has 0 amide bonds. The molecule has 9 heavy (non-hydrogen) atoms. The molecule has 0 spiro atoms. The first-order valence-electron chi connectivity index (χ1n) is 3.14. The molecule has 2 N–H and O–H groups in total. The third-order valence-electron chi connectivity index (χ3n) is 0.940. The predicted molar refractivity (Wildman–Crippen MR) is 42.9 cm³/mol. The maximum Gasteiger partial charge on any atom is 0.0761 e. The van der Waals surface area contributed by atoms with Gasteiger partial charge >= 0.3 is 0 Å². The fourth-order valence-electron chi connectivity index (χ4n) is 0.426. The van der Waals surface area contributed by atoms with Gasteiger partial charge in [0.05, 0.1) is 6.10 Å². The van der Waals surface area contributed by atoms with E-state index in [1.807, 2.05) is 0 Å². The molecule has 0 heterocycles. The third kappa shape index (κ3) is 6.28. The number of halogens is 1. The summed E-state index contributed by atoms with van der Waals surface area (Å²) in [6, 6.07) is 0.457. The summed E-state index contributed by atoms with van der Waals surface area (Å²) >= 11 is 3.17. The fourth-order valence-corrected chi connectivity index (χ4v) is 0.655. The second-order valence-corrected chi connectivity index (χ2v) is 3.02. The standard InChI is InChI=1S/C6H14BrNO/c1-5(2)8-4-6(9)3-7/h5-6,8-9H,3-4H2,1-2H3/t6-/m0/s1. The van der Waals surface area contributed by atoms with Crippen LogP contribution in [0.15, 0.2) is 0 Å². The molecule has 1 atom stereocenters. The van der Waals surface area contributed by atoms with Crippen molar-refractivity contribution in [2.24, 2.45) is 0 Å². The van der Waals surface area contributed by atoms with Crippen LogP contribution in [-0.2, 0) is 0 Å². The molecule has 0 radical (unpaired) electrons. The molecule has 56 valence electrons. The Bertz CT molecular complexity index is 68.1. The van der Waals surface area contributed by atoms with Crippen LogP contribution < -0.4 is 5.32 Å². The van der Waals surface area contributed by atoms with Crippen molar-refractivity contribution in [3.05, 3.63) is 0 Å². The largest absolute Gasteiger partial charge is 0.391 e. The summed E-state index contributed by atoms with van der Waals surface area (Å²) in [7, 11) is 0. The summed E-state index contributed by atoms with van der Waals surface area (Å²) in [5.74, 6) is 0. The minimum atomic E-state index is -0.257. The second-order valence-electron chi connectivity index (χ2n) is 2.37. The van der Waals surface area contributed by atoms with Crippen molar-refractivity contribution >= 4 is 15.9 Å². The molecule has 0 aliphatic carbocycles. The minimum absolute atomic E-state index is 0.257. The lowest BCUT2D eigenvalue weighted by molar-refractivity contribution is 0.194. The Hall–Kier alpha value is 0.400. The molecule has 0 rings (SSSR count). The lowest BCUT2D eigenvalue weighted by Crippen LogP contribution is -2.32. The number of aliphatic hydroxyl groups is 1. The van der Waals surface area contributed by atoms with E-state index in [1.54, 1.807) is 0 Å². The van der Waals surface area contributed by atoms with E-state index >= 15 is 0 Å². The third-order valence-corrected chi connectivity index (χ3v) is 1.69. The first-order valence-corrected chi connectivity index (χ1v) is 4.26. The Morgan fingerprint density at radius 1 is 1.56 bits per heavy atom. The number of nitrogens with one attached hydrogen (secondary N) is 1. The van der Waals surface area contributed by atoms with Crippen LogP contribution in [-0.4, -0.2) is 29.1 Å². The van der Waals surface area contributed by atoms with Crippen molar-refractivity contribution in [1.82, 2.24) is 5.32 Å². The normalized spacial score (nSPS) is 14.3. The quantitative estimate of drug-likeness (QED) is 0.650. The molecular weight excluding hydrogens is 182 g/mol. The average molecular weight is 196 g/mol. The molecule has 0 aromatic rings. The Balaban J connectivity index is 3.06. The topological polar surface area (TPSA) is 32.3 Å². The van der Waals surface area contributed by atoms with Crippen molar-refractivity contribution in [3.63, 3.8) is 0 Å². The first-order chi connectivity index (χ1) is 4.16. The zero-order valence-electron chi connectivity index (χ0n) is 5.89. The van der Waals surface area contributed by atoms with E-state index in [-0.39, 0.29) is 6.10 Å². The van der Waals surface area contributed by atoms with Gasteiger partial charge in [0, 0.05) is 17.9 Å².